The largest absolute Gasteiger partial charge is 0.497 e. The molecule has 1 aliphatic rings. The number of nitro benzene ring substituents is 1. The zero-order valence-electron chi connectivity index (χ0n) is 17.1. The van der Waals surface area contributed by atoms with Crippen LogP contribution in [-0.4, -0.2) is 29.6 Å². The van der Waals surface area contributed by atoms with Crippen molar-refractivity contribution < 1.29 is 19.2 Å². The first-order chi connectivity index (χ1) is 15.5. The fourth-order valence-corrected chi connectivity index (χ4v) is 4.57. The van der Waals surface area contributed by atoms with Crippen molar-refractivity contribution in [3.05, 3.63) is 94.0 Å². The van der Waals surface area contributed by atoms with E-state index in [-0.39, 0.29) is 22.9 Å². The monoisotopic (exact) mass is 449 g/mol. The van der Waals surface area contributed by atoms with Crippen molar-refractivity contribution in [1.82, 2.24) is 0 Å². The third-order valence-electron chi connectivity index (χ3n) is 4.99. The lowest BCUT2D eigenvalue weighted by atomic mass is 10.1. The number of hydrogen-bond acceptors (Lipinski definition) is 6. The molecule has 1 unspecified atom stereocenters. The number of amides is 2. The van der Waals surface area contributed by atoms with E-state index in [1.54, 1.807) is 18.1 Å². The Kier molecular flexibility index (Phi) is 6.09. The van der Waals surface area contributed by atoms with E-state index >= 15 is 0 Å². The molecular weight excluding hydrogens is 430 g/mol. The van der Waals surface area contributed by atoms with Crippen molar-refractivity contribution in [2.75, 3.05) is 23.1 Å². The lowest BCUT2D eigenvalue weighted by Crippen LogP contribution is -2.27. The Labute approximate surface area is 188 Å². The summed E-state index contributed by atoms with van der Waals surface area (Å²) in [6.45, 7) is 0. The molecule has 1 saturated heterocycles. The van der Waals surface area contributed by atoms with E-state index in [0.717, 1.165) is 11.3 Å². The van der Waals surface area contributed by atoms with Gasteiger partial charge in [-0.3, -0.25) is 24.6 Å². The van der Waals surface area contributed by atoms with Gasteiger partial charge >= 0.3 is 0 Å². The van der Waals surface area contributed by atoms with Crippen molar-refractivity contribution >= 4 is 40.6 Å². The Hall–Kier alpha value is -3.85. The number of benzene rings is 3. The number of rotatable bonds is 6. The minimum absolute atomic E-state index is 0.00508. The van der Waals surface area contributed by atoms with E-state index < -0.39 is 4.92 Å². The first-order valence-corrected chi connectivity index (χ1v) is 10.7. The Morgan fingerprint density at radius 2 is 1.84 bits per heavy atom. The van der Waals surface area contributed by atoms with Crippen LogP contribution in [0.25, 0.3) is 0 Å². The molecule has 0 spiro atoms. The number of nitrogens with one attached hydrogen (secondary N) is 1. The highest BCUT2D eigenvalue weighted by molar-refractivity contribution is 8.00. The van der Waals surface area contributed by atoms with Crippen molar-refractivity contribution in [2.45, 2.75) is 5.37 Å². The summed E-state index contributed by atoms with van der Waals surface area (Å²) in [4.78, 5) is 37.2. The second kappa shape index (κ2) is 9.11. The maximum absolute atomic E-state index is 12.6. The summed E-state index contributed by atoms with van der Waals surface area (Å²) in [5, 5.41) is 13.4. The average Bonchev–Trinajstić information content (AvgIpc) is 3.20. The highest BCUT2D eigenvalue weighted by atomic mass is 32.2. The Morgan fingerprint density at radius 1 is 1.12 bits per heavy atom. The molecule has 9 heteroatoms. The molecule has 0 aromatic heterocycles. The van der Waals surface area contributed by atoms with Gasteiger partial charge in [-0.05, 0) is 54.1 Å². The maximum Gasteiger partial charge on any atom is 0.269 e. The van der Waals surface area contributed by atoms with Crippen molar-refractivity contribution in [3.8, 4) is 5.75 Å². The second-order valence-electron chi connectivity index (χ2n) is 7.01. The maximum atomic E-state index is 12.6. The van der Waals surface area contributed by atoms with E-state index in [0.29, 0.717) is 22.8 Å². The molecule has 2 amide bonds. The summed E-state index contributed by atoms with van der Waals surface area (Å²) in [6.07, 6.45) is 0. The van der Waals surface area contributed by atoms with Crippen LogP contribution in [-0.2, 0) is 4.79 Å². The van der Waals surface area contributed by atoms with Crippen LogP contribution >= 0.6 is 11.8 Å². The van der Waals surface area contributed by atoms with E-state index in [4.69, 9.17) is 4.74 Å². The number of non-ortho nitro benzene ring substituents is 1. The molecule has 32 heavy (non-hydrogen) atoms. The van der Waals surface area contributed by atoms with Crippen LogP contribution in [0, 0.1) is 10.1 Å². The molecule has 4 rings (SSSR count). The molecule has 3 aromatic carbocycles. The fourth-order valence-electron chi connectivity index (χ4n) is 3.40. The molecule has 1 atom stereocenters. The zero-order valence-corrected chi connectivity index (χ0v) is 17.9. The molecule has 0 bridgehead atoms. The SMILES string of the molecule is COc1ccc(N2C(=O)CSC2c2cccc(NC(=O)c3ccc([N+](=O)[O-])cc3)c2)cc1. The van der Waals surface area contributed by atoms with Crippen molar-refractivity contribution in [3.63, 3.8) is 0 Å². The highest BCUT2D eigenvalue weighted by Gasteiger charge is 2.34. The lowest BCUT2D eigenvalue weighted by Gasteiger charge is -2.25. The van der Waals surface area contributed by atoms with Gasteiger partial charge in [0.15, 0.2) is 0 Å². The number of carbonyl (C=O) groups is 2. The third-order valence-corrected chi connectivity index (χ3v) is 6.20. The number of hydrogen-bond donors (Lipinski definition) is 1. The molecule has 1 aliphatic heterocycles. The number of nitrogens with zero attached hydrogens (tertiary/aromatic N) is 2. The average molecular weight is 449 g/mol. The van der Waals surface area contributed by atoms with E-state index in [2.05, 4.69) is 5.32 Å². The van der Waals surface area contributed by atoms with Gasteiger partial charge in [-0.25, -0.2) is 0 Å². The van der Waals surface area contributed by atoms with Crippen LogP contribution in [0.3, 0.4) is 0 Å². The van der Waals surface area contributed by atoms with Gasteiger partial charge in [0.1, 0.15) is 11.1 Å². The molecule has 0 radical (unpaired) electrons. The number of nitro groups is 1. The number of ether oxygens (including phenoxy) is 1. The van der Waals surface area contributed by atoms with Crippen LogP contribution in [0.1, 0.15) is 21.3 Å². The molecule has 1 N–H and O–H groups in total. The minimum atomic E-state index is -0.514. The van der Waals surface area contributed by atoms with E-state index in [1.807, 2.05) is 42.5 Å². The number of methoxy groups -OCH3 is 1. The third kappa shape index (κ3) is 4.42. The van der Waals surface area contributed by atoms with Gasteiger partial charge in [0.25, 0.3) is 11.6 Å². The minimum Gasteiger partial charge on any atom is -0.497 e. The molecule has 1 heterocycles. The van der Waals surface area contributed by atoms with E-state index in [9.17, 15) is 19.7 Å². The molecule has 162 valence electrons. The second-order valence-corrected chi connectivity index (χ2v) is 8.08. The normalized spacial score (nSPS) is 15.5. The number of anilines is 2. The topological polar surface area (TPSA) is 102 Å². The quantitative estimate of drug-likeness (QED) is 0.435. The molecule has 8 nitrogen and oxygen atoms in total. The van der Waals surface area contributed by atoms with Crippen molar-refractivity contribution in [2.24, 2.45) is 0 Å². The van der Waals surface area contributed by atoms with Gasteiger partial charge in [-0.15, -0.1) is 11.8 Å². The summed E-state index contributed by atoms with van der Waals surface area (Å²) in [5.74, 6) is 0.695. The number of thioether (sulfide) groups is 1. The van der Waals surface area contributed by atoms with Crippen LogP contribution in [0.5, 0.6) is 5.75 Å². The van der Waals surface area contributed by atoms with Crippen LogP contribution < -0.4 is 15.0 Å². The van der Waals surface area contributed by atoms with E-state index in [1.165, 1.54) is 36.0 Å². The number of carbonyl (C=O) groups excluding carboxylic acids is 2. The summed E-state index contributed by atoms with van der Waals surface area (Å²) in [7, 11) is 1.59. The predicted octanol–water partition coefficient (Wildman–Crippen LogP) is 4.63. The fraction of sp³-hybridized carbons (Fsp3) is 0.130. The van der Waals surface area contributed by atoms with Gasteiger partial charge in [0.05, 0.1) is 17.8 Å². The van der Waals surface area contributed by atoms with Gasteiger partial charge in [-0.2, -0.15) is 0 Å². The predicted molar refractivity (Wildman–Crippen MR) is 123 cm³/mol. The molecule has 1 fully saturated rings. The zero-order chi connectivity index (χ0) is 22.7. The lowest BCUT2D eigenvalue weighted by molar-refractivity contribution is -0.384. The highest BCUT2D eigenvalue weighted by Crippen LogP contribution is 2.42. The standard InChI is InChI=1S/C23H19N3O5S/c1-31-20-11-9-18(10-12-20)25-21(27)14-32-23(25)16-3-2-4-17(13-16)24-22(28)15-5-7-19(8-6-15)26(29)30/h2-13,23H,14H2,1H3,(H,24,28). The summed E-state index contributed by atoms with van der Waals surface area (Å²) < 4.78 is 5.20. The Bertz CT molecular complexity index is 1170. The van der Waals surface area contributed by atoms with Crippen LogP contribution in [0.2, 0.25) is 0 Å². The Morgan fingerprint density at radius 3 is 2.50 bits per heavy atom. The van der Waals surface area contributed by atoms with Gasteiger partial charge in [0.2, 0.25) is 5.91 Å². The molecular formula is C23H19N3O5S. The summed E-state index contributed by atoms with van der Waals surface area (Å²) >= 11 is 1.51. The van der Waals surface area contributed by atoms with Gasteiger partial charge in [-0.1, -0.05) is 12.1 Å². The molecule has 3 aromatic rings. The first kappa shape index (κ1) is 21.4. The van der Waals surface area contributed by atoms with Gasteiger partial charge in [0, 0.05) is 29.1 Å². The van der Waals surface area contributed by atoms with Crippen LogP contribution in [0.15, 0.2) is 72.8 Å². The summed E-state index contributed by atoms with van der Waals surface area (Å²) in [6, 6.07) is 20.0. The Balaban J connectivity index is 1.54. The molecule has 0 aliphatic carbocycles. The first-order valence-electron chi connectivity index (χ1n) is 9.70. The summed E-state index contributed by atoms with van der Waals surface area (Å²) in [5.41, 5.74) is 2.45. The van der Waals surface area contributed by atoms with Crippen LogP contribution in [0.4, 0.5) is 17.1 Å². The van der Waals surface area contributed by atoms with Crippen molar-refractivity contribution in [1.29, 1.82) is 0 Å². The molecule has 0 saturated carbocycles. The smallest absolute Gasteiger partial charge is 0.269 e. The van der Waals surface area contributed by atoms with Gasteiger partial charge < -0.3 is 10.1 Å².